The van der Waals surface area contributed by atoms with Gasteiger partial charge in [0.05, 0.1) is 0 Å². The normalized spacial score (nSPS) is 20.4. The summed E-state index contributed by atoms with van der Waals surface area (Å²) in [5, 5.41) is 3.47. The van der Waals surface area contributed by atoms with E-state index in [1.54, 1.807) is 7.11 Å². The van der Waals surface area contributed by atoms with Gasteiger partial charge in [-0.2, -0.15) is 0 Å². The molecule has 106 valence electrons. The van der Waals surface area contributed by atoms with Gasteiger partial charge in [0, 0.05) is 39.3 Å². The number of hydrogen-bond acceptors (Lipinski definition) is 3. The highest BCUT2D eigenvalue weighted by atomic mass is 16.5. The smallest absolute Gasteiger partial charge is 0.222 e. The van der Waals surface area contributed by atoms with E-state index in [9.17, 15) is 4.79 Å². The number of ether oxygens (including phenoxy) is 1. The molecule has 4 nitrogen and oxygen atoms in total. The number of carbonyl (C=O) groups excluding carboxylic acids is 1. The second-order valence-corrected chi connectivity index (χ2v) is 5.51. The molecule has 0 bridgehead atoms. The van der Waals surface area contributed by atoms with E-state index in [1.165, 1.54) is 6.42 Å². The number of methoxy groups -OCH3 is 1. The number of rotatable bonds is 7. The molecule has 1 aliphatic rings. The van der Waals surface area contributed by atoms with Gasteiger partial charge in [-0.25, -0.2) is 0 Å². The maximum absolute atomic E-state index is 12.0. The van der Waals surface area contributed by atoms with Crippen molar-refractivity contribution in [2.24, 2.45) is 5.92 Å². The van der Waals surface area contributed by atoms with E-state index in [0.717, 1.165) is 32.5 Å². The third-order valence-electron chi connectivity index (χ3n) is 3.43. The Hall–Kier alpha value is -0.610. The van der Waals surface area contributed by atoms with Gasteiger partial charge < -0.3 is 15.0 Å². The first-order valence-corrected chi connectivity index (χ1v) is 7.13. The van der Waals surface area contributed by atoms with Gasteiger partial charge in [0.15, 0.2) is 0 Å². The molecule has 1 unspecified atom stereocenters. The molecule has 0 aromatic heterocycles. The predicted octanol–water partition coefficient (Wildman–Crippen LogP) is 1.65. The Labute approximate surface area is 111 Å². The molecule has 1 saturated heterocycles. The van der Waals surface area contributed by atoms with Crippen LogP contribution in [0.4, 0.5) is 0 Å². The summed E-state index contributed by atoms with van der Waals surface area (Å²) in [5.41, 5.74) is 0. The van der Waals surface area contributed by atoms with E-state index in [-0.39, 0.29) is 0 Å². The fourth-order valence-corrected chi connectivity index (χ4v) is 2.39. The molecule has 1 amide bonds. The standard InChI is InChI=1S/C14H28N2O2/c1-12(2)15-10-13-6-4-8-16(11-13)14(17)7-5-9-18-3/h12-13,15H,4-11H2,1-3H3. The lowest BCUT2D eigenvalue weighted by molar-refractivity contribution is -0.133. The third kappa shape index (κ3) is 5.83. The summed E-state index contributed by atoms with van der Waals surface area (Å²) < 4.78 is 4.98. The van der Waals surface area contributed by atoms with Crippen molar-refractivity contribution in [2.75, 3.05) is 33.4 Å². The largest absolute Gasteiger partial charge is 0.385 e. The second-order valence-electron chi connectivity index (χ2n) is 5.51. The SMILES string of the molecule is COCCCC(=O)N1CCCC(CNC(C)C)C1. The highest BCUT2D eigenvalue weighted by molar-refractivity contribution is 5.76. The van der Waals surface area contributed by atoms with E-state index < -0.39 is 0 Å². The van der Waals surface area contributed by atoms with Crippen LogP contribution in [0.3, 0.4) is 0 Å². The zero-order valence-corrected chi connectivity index (χ0v) is 12.1. The van der Waals surface area contributed by atoms with E-state index in [2.05, 4.69) is 19.2 Å². The number of nitrogens with one attached hydrogen (secondary N) is 1. The number of amides is 1. The molecule has 0 aromatic rings. The minimum absolute atomic E-state index is 0.293. The zero-order valence-electron chi connectivity index (χ0n) is 12.1. The second kappa shape index (κ2) is 8.48. The van der Waals surface area contributed by atoms with Crippen molar-refractivity contribution < 1.29 is 9.53 Å². The Morgan fingerprint density at radius 3 is 2.94 bits per heavy atom. The van der Waals surface area contributed by atoms with Crippen LogP contribution in [-0.2, 0) is 9.53 Å². The molecule has 1 atom stereocenters. The van der Waals surface area contributed by atoms with Crippen LogP contribution in [-0.4, -0.2) is 50.2 Å². The molecule has 1 heterocycles. The molecule has 0 spiro atoms. The molecule has 0 aliphatic carbocycles. The predicted molar refractivity (Wildman–Crippen MR) is 73.6 cm³/mol. The van der Waals surface area contributed by atoms with Crippen molar-refractivity contribution in [3.8, 4) is 0 Å². The van der Waals surface area contributed by atoms with Gasteiger partial charge in [-0.05, 0) is 31.7 Å². The maximum atomic E-state index is 12.0. The summed E-state index contributed by atoms with van der Waals surface area (Å²) in [6.45, 7) is 7.89. The van der Waals surface area contributed by atoms with Gasteiger partial charge in [-0.15, -0.1) is 0 Å². The highest BCUT2D eigenvalue weighted by Gasteiger charge is 2.23. The average Bonchev–Trinajstić information content (AvgIpc) is 2.37. The monoisotopic (exact) mass is 256 g/mol. The summed E-state index contributed by atoms with van der Waals surface area (Å²) in [5.74, 6) is 0.911. The topological polar surface area (TPSA) is 41.6 Å². The molecule has 0 radical (unpaired) electrons. The lowest BCUT2D eigenvalue weighted by atomic mass is 9.97. The van der Waals surface area contributed by atoms with Gasteiger partial charge in [0.2, 0.25) is 5.91 Å². The molecule has 1 aliphatic heterocycles. The Bertz CT molecular complexity index is 244. The quantitative estimate of drug-likeness (QED) is 0.704. The Kier molecular flexibility index (Phi) is 7.28. The summed E-state index contributed by atoms with van der Waals surface area (Å²) in [6, 6.07) is 0.526. The van der Waals surface area contributed by atoms with Crippen molar-refractivity contribution in [3.63, 3.8) is 0 Å². The van der Waals surface area contributed by atoms with Gasteiger partial charge in [0.1, 0.15) is 0 Å². The summed E-state index contributed by atoms with van der Waals surface area (Å²) in [6.07, 6.45) is 3.83. The number of carbonyl (C=O) groups is 1. The van der Waals surface area contributed by atoms with Crippen LogP contribution in [0.1, 0.15) is 39.5 Å². The van der Waals surface area contributed by atoms with E-state index in [4.69, 9.17) is 4.74 Å². The number of hydrogen-bond donors (Lipinski definition) is 1. The van der Waals surface area contributed by atoms with Crippen molar-refractivity contribution in [1.29, 1.82) is 0 Å². The number of likely N-dealkylation sites (tertiary alicyclic amines) is 1. The number of nitrogens with zero attached hydrogens (tertiary/aromatic N) is 1. The highest BCUT2D eigenvalue weighted by Crippen LogP contribution is 2.17. The van der Waals surface area contributed by atoms with Crippen molar-refractivity contribution in [2.45, 2.75) is 45.6 Å². The van der Waals surface area contributed by atoms with Crippen LogP contribution in [0, 0.1) is 5.92 Å². The van der Waals surface area contributed by atoms with Gasteiger partial charge in [-0.1, -0.05) is 13.8 Å². The fraction of sp³-hybridized carbons (Fsp3) is 0.929. The molecule has 4 heteroatoms. The number of piperidine rings is 1. The van der Waals surface area contributed by atoms with E-state index in [1.807, 2.05) is 4.90 Å². The van der Waals surface area contributed by atoms with Crippen molar-refractivity contribution >= 4 is 5.91 Å². The van der Waals surface area contributed by atoms with Crippen LogP contribution >= 0.6 is 0 Å². The minimum Gasteiger partial charge on any atom is -0.385 e. The van der Waals surface area contributed by atoms with E-state index in [0.29, 0.717) is 30.9 Å². The van der Waals surface area contributed by atoms with Gasteiger partial charge >= 0.3 is 0 Å². The molecule has 1 rings (SSSR count). The zero-order chi connectivity index (χ0) is 13.4. The van der Waals surface area contributed by atoms with Crippen molar-refractivity contribution in [3.05, 3.63) is 0 Å². The third-order valence-corrected chi connectivity index (χ3v) is 3.43. The lowest BCUT2D eigenvalue weighted by Crippen LogP contribution is -2.43. The van der Waals surface area contributed by atoms with Gasteiger partial charge in [0.25, 0.3) is 0 Å². The molecule has 0 aromatic carbocycles. The first kappa shape index (κ1) is 15.4. The van der Waals surface area contributed by atoms with Crippen molar-refractivity contribution in [1.82, 2.24) is 10.2 Å². The fourth-order valence-electron chi connectivity index (χ4n) is 2.39. The lowest BCUT2D eigenvalue weighted by Gasteiger charge is -2.33. The molecule has 1 N–H and O–H groups in total. The maximum Gasteiger partial charge on any atom is 0.222 e. The molecule has 0 saturated carbocycles. The van der Waals surface area contributed by atoms with Gasteiger partial charge in [-0.3, -0.25) is 4.79 Å². The van der Waals surface area contributed by atoms with Crippen LogP contribution in [0.5, 0.6) is 0 Å². The Morgan fingerprint density at radius 2 is 2.28 bits per heavy atom. The summed E-state index contributed by atoms with van der Waals surface area (Å²) in [7, 11) is 1.68. The first-order chi connectivity index (χ1) is 8.63. The van der Waals surface area contributed by atoms with Crippen LogP contribution in [0.25, 0.3) is 0 Å². The summed E-state index contributed by atoms with van der Waals surface area (Å²) >= 11 is 0. The molecular formula is C14H28N2O2. The molecule has 1 fully saturated rings. The molecular weight excluding hydrogens is 228 g/mol. The van der Waals surface area contributed by atoms with Crippen LogP contribution < -0.4 is 5.32 Å². The first-order valence-electron chi connectivity index (χ1n) is 7.13. The Balaban J connectivity index is 2.26. The van der Waals surface area contributed by atoms with Crippen LogP contribution in [0.15, 0.2) is 0 Å². The summed E-state index contributed by atoms with van der Waals surface area (Å²) in [4.78, 5) is 14.0. The van der Waals surface area contributed by atoms with E-state index >= 15 is 0 Å². The van der Waals surface area contributed by atoms with Crippen LogP contribution in [0.2, 0.25) is 0 Å². The molecule has 18 heavy (non-hydrogen) atoms. The minimum atomic E-state index is 0.293. The Morgan fingerprint density at radius 1 is 1.50 bits per heavy atom. The average molecular weight is 256 g/mol.